The van der Waals surface area contributed by atoms with Gasteiger partial charge in [-0.3, -0.25) is 4.79 Å². The van der Waals surface area contributed by atoms with Crippen LogP contribution in [0.2, 0.25) is 0 Å². The van der Waals surface area contributed by atoms with Gasteiger partial charge in [-0.1, -0.05) is 0 Å². The first-order valence-corrected chi connectivity index (χ1v) is 8.95. The van der Waals surface area contributed by atoms with Crippen molar-refractivity contribution in [2.75, 3.05) is 11.4 Å². The Labute approximate surface area is 133 Å². The summed E-state index contributed by atoms with van der Waals surface area (Å²) in [5.41, 5.74) is 2.34. The number of nitrogens with zero attached hydrogens (tertiary/aromatic N) is 4. The van der Waals surface area contributed by atoms with Crippen LogP contribution in [0.15, 0.2) is 22.4 Å². The van der Waals surface area contributed by atoms with E-state index in [2.05, 4.69) is 15.0 Å². The number of thiazole rings is 1. The van der Waals surface area contributed by atoms with Crippen LogP contribution in [0.5, 0.6) is 0 Å². The number of fused-ring (bicyclic) bond motifs is 1. The number of anilines is 1. The highest BCUT2D eigenvalue weighted by atomic mass is 32.1. The number of hydrogen-bond donors (Lipinski definition) is 0. The smallest absolute Gasteiger partial charge is 0.267 e. The van der Waals surface area contributed by atoms with E-state index >= 15 is 0 Å². The minimum Gasteiger partial charge on any atom is -0.343 e. The Bertz CT molecular complexity index is 709. The summed E-state index contributed by atoms with van der Waals surface area (Å²) in [7, 11) is 0. The van der Waals surface area contributed by atoms with E-state index in [0.29, 0.717) is 12.6 Å². The molecule has 4 rings (SSSR count). The molecule has 0 saturated carbocycles. The maximum Gasteiger partial charge on any atom is 0.267 e. The summed E-state index contributed by atoms with van der Waals surface area (Å²) in [5, 5.41) is 7.72. The van der Waals surface area contributed by atoms with Crippen molar-refractivity contribution in [1.29, 1.82) is 0 Å². The molecular weight excluding hydrogens is 296 g/mol. The maximum absolute atomic E-state index is 12.3. The summed E-state index contributed by atoms with van der Waals surface area (Å²) in [6.07, 6.45) is 8.49. The van der Waals surface area contributed by atoms with Crippen molar-refractivity contribution in [2.45, 2.75) is 51.1 Å². The summed E-state index contributed by atoms with van der Waals surface area (Å²) >= 11 is 1.67. The molecule has 2 aliphatic rings. The van der Waals surface area contributed by atoms with Crippen molar-refractivity contribution in [2.24, 2.45) is 0 Å². The lowest BCUT2D eigenvalue weighted by Gasteiger charge is -2.25. The Balaban J connectivity index is 1.59. The molecule has 2 aromatic heterocycles. The first kappa shape index (κ1) is 13.9. The van der Waals surface area contributed by atoms with Gasteiger partial charge in [0.1, 0.15) is 0 Å². The van der Waals surface area contributed by atoms with Crippen molar-refractivity contribution in [3.63, 3.8) is 0 Å². The van der Waals surface area contributed by atoms with Gasteiger partial charge in [-0.2, -0.15) is 5.10 Å². The molecule has 1 unspecified atom stereocenters. The molecule has 0 aromatic carbocycles. The van der Waals surface area contributed by atoms with Gasteiger partial charge in [-0.25, -0.2) is 9.67 Å². The Morgan fingerprint density at radius 3 is 3.05 bits per heavy atom. The lowest BCUT2D eigenvalue weighted by atomic mass is 9.97. The van der Waals surface area contributed by atoms with Crippen LogP contribution in [0.3, 0.4) is 0 Å². The Hall–Kier alpha value is -1.69. The summed E-state index contributed by atoms with van der Waals surface area (Å²) in [4.78, 5) is 19.1. The minimum atomic E-state index is 0.0478. The number of rotatable bonds is 3. The van der Waals surface area contributed by atoms with Gasteiger partial charge in [0.2, 0.25) is 0 Å². The highest BCUT2D eigenvalue weighted by Gasteiger charge is 2.27. The van der Waals surface area contributed by atoms with Gasteiger partial charge in [-0.15, -0.1) is 11.3 Å². The highest BCUT2D eigenvalue weighted by molar-refractivity contribution is 7.13. The molecule has 116 valence electrons. The molecule has 0 bridgehead atoms. The predicted molar refractivity (Wildman–Crippen MR) is 87.6 cm³/mol. The second-order valence-corrected chi connectivity index (χ2v) is 7.02. The lowest BCUT2D eigenvalue weighted by Crippen LogP contribution is -2.37. The third-order valence-corrected chi connectivity index (χ3v) is 5.51. The van der Waals surface area contributed by atoms with Crippen LogP contribution in [-0.2, 0) is 19.4 Å². The molecule has 6 heteroatoms. The molecule has 1 atom stereocenters. The number of hydrogen-bond acceptors (Lipinski definition) is 5. The van der Waals surface area contributed by atoms with Crippen molar-refractivity contribution in [3.05, 3.63) is 39.3 Å². The summed E-state index contributed by atoms with van der Waals surface area (Å²) in [6.45, 7) is 1.70. The molecule has 1 aliphatic carbocycles. The monoisotopic (exact) mass is 316 g/mol. The van der Waals surface area contributed by atoms with Crippen LogP contribution in [0.1, 0.15) is 36.9 Å². The molecule has 3 heterocycles. The highest BCUT2D eigenvalue weighted by Crippen LogP contribution is 2.27. The van der Waals surface area contributed by atoms with E-state index in [0.717, 1.165) is 48.6 Å². The van der Waals surface area contributed by atoms with Crippen molar-refractivity contribution < 1.29 is 0 Å². The second kappa shape index (κ2) is 5.83. The van der Waals surface area contributed by atoms with Gasteiger partial charge < -0.3 is 4.90 Å². The van der Waals surface area contributed by atoms with E-state index in [1.807, 2.05) is 17.6 Å². The summed E-state index contributed by atoms with van der Waals surface area (Å²) in [5.74, 6) is 0. The average Bonchev–Trinajstić information content (AvgIpc) is 3.18. The zero-order valence-electron chi connectivity index (χ0n) is 12.6. The van der Waals surface area contributed by atoms with Crippen LogP contribution >= 0.6 is 11.3 Å². The number of aryl methyl sites for hydroxylation is 2. The molecule has 0 N–H and O–H groups in total. The van der Waals surface area contributed by atoms with Gasteiger partial charge >= 0.3 is 0 Å². The minimum absolute atomic E-state index is 0.0478. The zero-order valence-corrected chi connectivity index (χ0v) is 13.4. The SMILES string of the molecule is O=c1cc2c(nn1CC1CCCN1c1nccs1)CCCC2. The fraction of sp³-hybridized carbons (Fsp3) is 0.562. The first-order chi connectivity index (χ1) is 10.8. The predicted octanol–water partition coefficient (Wildman–Crippen LogP) is 2.25. The third-order valence-electron chi connectivity index (χ3n) is 4.70. The van der Waals surface area contributed by atoms with Crippen LogP contribution < -0.4 is 10.5 Å². The lowest BCUT2D eigenvalue weighted by molar-refractivity contribution is 0.473. The maximum atomic E-state index is 12.3. The van der Waals surface area contributed by atoms with E-state index in [1.54, 1.807) is 16.0 Å². The average molecular weight is 316 g/mol. The molecule has 0 spiro atoms. The van der Waals surface area contributed by atoms with Gasteiger partial charge in [0, 0.05) is 24.2 Å². The van der Waals surface area contributed by atoms with Gasteiger partial charge in [-0.05, 0) is 44.1 Å². The molecule has 22 heavy (non-hydrogen) atoms. The van der Waals surface area contributed by atoms with Gasteiger partial charge in [0.15, 0.2) is 5.13 Å². The van der Waals surface area contributed by atoms with E-state index < -0.39 is 0 Å². The molecule has 0 amide bonds. The fourth-order valence-corrected chi connectivity index (χ4v) is 4.31. The topological polar surface area (TPSA) is 51.0 Å². The van der Waals surface area contributed by atoms with Crippen LogP contribution in [0.4, 0.5) is 5.13 Å². The molecule has 0 radical (unpaired) electrons. The van der Waals surface area contributed by atoms with Crippen molar-refractivity contribution >= 4 is 16.5 Å². The third kappa shape index (κ3) is 2.56. The Kier molecular flexibility index (Phi) is 3.70. The molecule has 2 aromatic rings. The van der Waals surface area contributed by atoms with E-state index in [1.165, 1.54) is 12.8 Å². The van der Waals surface area contributed by atoms with E-state index in [4.69, 9.17) is 0 Å². The van der Waals surface area contributed by atoms with Crippen LogP contribution in [0, 0.1) is 0 Å². The normalized spacial score (nSPS) is 21.1. The first-order valence-electron chi connectivity index (χ1n) is 8.07. The Morgan fingerprint density at radius 1 is 1.27 bits per heavy atom. The molecule has 5 nitrogen and oxygen atoms in total. The molecule has 1 saturated heterocycles. The standard InChI is InChI=1S/C16H20N4OS/c21-15-10-12-4-1-2-6-14(12)18-20(15)11-13-5-3-8-19(13)16-17-7-9-22-16/h7,9-10,13H,1-6,8,11H2. The molecule has 1 aliphatic heterocycles. The zero-order chi connectivity index (χ0) is 14.9. The van der Waals surface area contributed by atoms with Crippen LogP contribution in [-0.4, -0.2) is 27.4 Å². The largest absolute Gasteiger partial charge is 0.343 e. The quantitative estimate of drug-likeness (QED) is 0.871. The van der Waals surface area contributed by atoms with Crippen LogP contribution in [0.25, 0.3) is 0 Å². The second-order valence-electron chi connectivity index (χ2n) is 6.15. The molecule has 1 fully saturated rings. The summed E-state index contributed by atoms with van der Waals surface area (Å²) in [6, 6.07) is 2.14. The Morgan fingerprint density at radius 2 is 2.18 bits per heavy atom. The fourth-order valence-electron chi connectivity index (χ4n) is 3.57. The number of aromatic nitrogens is 3. The van der Waals surface area contributed by atoms with Crippen molar-refractivity contribution in [1.82, 2.24) is 14.8 Å². The van der Waals surface area contributed by atoms with Gasteiger partial charge in [0.25, 0.3) is 5.56 Å². The molecular formula is C16H20N4OS. The summed E-state index contributed by atoms with van der Waals surface area (Å²) < 4.78 is 1.68. The van der Waals surface area contributed by atoms with Crippen molar-refractivity contribution in [3.8, 4) is 0 Å². The van der Waals surface area contributed by atoms with Gasteiger partial charge in [0.05, 0.1) is 18.3 Å². The van der Waals surface area contributed by atoms with E-state index in [9.17, 15) is 4.79 Å². The van der Waals surface area contributed by atoms with E-state index in [-0.39, 0.29) is 5.56 Å².